The molecule has 0 spiro atoms. The van der Waals surface area contributed by atoms with E-state index in [0.29, 0.717) is 32.1 Å². The van der Waals surface area contributed by atoms with Crippen LogP contribution in [0.3, 0.4) is 0 Å². The number of esters is 2. The molecule has 0 aliphatic carbocycles. The van der Waals surface area contributed by atoms with Crippen molar-refractivity contribution in [2.75, 3.05) is 32.8 Å². The second kappa shape index (κ2) is 10.6. The highest BCUT2D eigenvalue weighted by atomic mass is 16.5. The topological polar surface area (TPSA) is 67.9 Å². The number of ether oxygens (including phenoxy) is 2. The Hall–Kier alpha value is -1.14. The van der Waals surface area contributed by atoms with Gasteiger partial charge in [0.05, 0.1) is 13.2 Å². The Morgan fingerprint density at radius 3 is 2.39 bits per heavy atom. The Labute approximate surface area is 139 Å². The molecule has 1 aliphatic heterocycles. The van der Waals surface area contributed by atoms with E-state index in [1.54, 1.807) is 0 Å². The predicted octanol–water partition coefficient (Wildman–Crippen LogP) is 1.58. The highest BCUT2D eigenvalue weighted by Gasteiger charge is 2.35. The minimum atomic E-state index is -0.308. The van der Waals surface area contributed by atoms with Crippen molar-refractivity contribution < 1.29 is 19.1 Å². The summed E-state index contributed by atoms with van der Waals surface area (Å²) in [5, 5.41) is 3.29. The first-order valence-electron chi connectivity index (χ1n) is 8.80. The summed E-state index contributed by atoms with van der Waals surface area (Å²) < 4.78 is 10.2. The largest absolute Gasteiger partial charge is 0.465 e. The Morgan fingerprint density at radius 2 is 1.87 bits per heavy atom. The molecule has 6 nitrogen and oxygen atoms in total. The number of rotatable bonds is 11. The summed E-state index contributed by atoms with van der Waals surface area (Å²) >= 11 is 0. The Bertz CT molecular complexity index is 374. The molecule has 0 aromatic heterocycles. The molecule has 1 fully saturated rings. The van der Waals surface area contributed by atoms with Crippen LogP contribution in [-0.2, 0) is 19.1 Å². The minimum Gasteiger partial charge on any atom is -0.465 e. The van der Waals surface area contributed by atoms with Gasteiger partial charge in [0.15, 0.2) is 0 Å². The van der Waals surface area contributed by atoms with Crippen LogP contribution in [0.25, 0.3) is 0 Å². The van der Waals surface area contributed by atoms with Gasteiger partial charge in [-0.1, -0.05) is 13.8 Å². The summed E-state index contributed by atoms with van der Waals surface area (Å²) in [6.45, 7) is 11.1. The second-order valence-corrected chi connectivity index (χ2v) is 6.32. The number of hydrogen-bond acceptors (Lipinski definition) is 6. The van der Waals surface area contributed by atoms with Gasteiger partial charge in [-0.3, -0.25) is 14.5 Å². The zero-order chi connectivity index (χ0) is 17.2. The van der Waals surface area contributed by atoms with Gasteiger partial charge in [-0.05, 0) is 45.6 Å². The summed E-state index contributed by atoms with van der Waals surface area (Å²) in [5.41, 5.74) is 0. The smallest absolute Gasteiger partial charge is 0.323 e. The van der Waals surface area contributed by atoms with Crippen LogP contribution in [0, 0.1) is 5.92 Å². The normalized spacial score (nSPS) is 19.3. The maximum Gasteiger partial charge on any atom is 0.323 e. The first-order chi connectivity index (χ1) is 11.0. The molecule has 0 amide bonds. The van der Waals surface area contributed by atoms with Crippen molar-refractivity contribution in [1.29, 1.82) is 0 Å². The molecule has 0 radical (unpaired) electrons. The fourth-order valence-corrected chi connectivity index (χ4v) is 2.60. The molecule has 0 aromatic carbocycles. The molecule has 1 N–H and O–H groups in total. The average Bonchev–Trinajstić information content (AvgIpc) is 2.44. The maximum absolute atomic E-state index is 12.1. The summed E-state index contributed by atoms with van der Waals surface area (Å²) in [4.78, 5) is 25.9. The summed E-state index contributed by atoms with van der Waals surface area (Å²) in [5.74, 6) is 0.234. The van der Waals surface area contributed by atoms with Gasteiger partial charge in [0.1, 0.15) is 12.1 Å². The molecular formula is C17H32N2O4. The highest BCUT2D eigenvalue weighted by molar-refractivity contribution is 5.77. The van der Waals surface area contributed by atoms with E-state index in [1.165, 1.54) is 0 Å². The van der Waals surface area contributed by atoms with E-state index in [-0.39, 0.29) is 24.0 Å². The molecule has 0 aromatic rings. The quantitative estimate of drug-likeness (QED) is 0.581. The predicted molar refractivity (Wildman–Crippen MR) is 89.1 cm³/mol. The SMILES string of the molecule is CCOC(=O)[C@H](CCN1CC[C@H]1C(=O)OCC)NCCC(C)C. The van der Waals surface area contributed by atoms with Crippen molar-refractivity contribution in [2.24, 2.45) is 5.92 Å². The number of carbonyl (C=O) groups excluding carboxylic acids is 2. The van der Waals surface area contributed by atoms with E-state index >= 15 is 0 Å². The van der Waals surface area contributed by atoms with Crippen LogP contribution in [0.2, 0.25) is 0 Å². The molecular weight excluding hydrogens is 296 g/mol. The lowest BCUT2D eigenvalue weighted by molar-refractivity contribution is -0.154. The lowest BCUT2D eigenvalue weighted by Crippen LogP contribution is -2.54. The Morgan fingerprint density at radius 1 is 1.17 bits per heavy atom. The van der Waals surface area contributed by atoms with Crippen molar-refractivity contribution in [3.63, 3.8) is 0 Å². The number of hydrogen-bond donors (Lipinski definition) is 1. The minimum absolute atomic E-state index is 0.145. The second-order valence-electron chi connectivity index (χ2n) is 6.32. The first kappa shape index (κ1) is 19.9. The standard InChI is InChI=1S/C17H32N2O4/c1-5-22-16(20)14(18-10-7-13(3)4)8-11-19-12-9-15(19)17(21)23-6-2/h13-15,18H,5-12H2,1-4H3/t14-,15-/m0/s1. The molecule has 1 aliphatic rings. The molecule has 1 saturated heterocycles. The van der Waals surface area contributed by atoms with Gasteiger partial charge in [0, 0.05) is 13.1 Å². The molecule has 6 heteroatoms. The Kier molecular flexibility index (Phi) is 9.17. The fraction of sp³-hybridized carbons (Fsp3) is 0.882. The summed E-state index contributed by atoms with van der Waals surface area (Å²) in [6, 6.07) is -0.453. The van der Waals surface area contributed by atoms with Crippen LogP contribution in [-0.4, -0.2) is 61.8 Å². The van der Waals surface area contributed by atoms with E-state index in [9.17, 15) is 9.59 Å². The van der Waals surface area contributed by atoms with E-state index in [2.05, 4.69) is 24.1 Å². The third-order valence-electron chi connectivity index (χ3n) is 4.08. The summed E-state index contributed by atoms with van der Waals surface area (Å²) in [7, 11) is 0. The van der Waals surface area contributed by atoms with E-state index in [4.69, 9.17) is 9.47 Å². The number of nitrogens with one attached hydrogen (secondary N) is 1. The van der Waals surface area contributed by atoms with Gasteiger partial charge >= 0.3 is 11.9 Å². The van der Waals surface area contributed by atoms with Crippen LogP contribution in [0.1, 0.15) is 47.0 Å². The van der Waals surface area contributed by atoms with E-state index in [0.717, 1.165) is 25.9 Å². The first-order valence-corrected chi connectivity index (χ1v) is 8.80. The average molecular weight is 328 g/mol. The van der Waals surface area contributed by atoms with Crippen LogP contribution in [0.5, 0.6) is 0 Å². The van der Waals surface area contributed by atoms with Crippen molar-refractivity contribution in [1.82, 2.24) is 10.2 Å². The van der Waals surface area contributed by atoms with Gasteiger partial charge in [-0.15, -0.1) is 0 Å². The number of nitrogens with zero attached hydrogens (tertiary/aromatic N) is 1. The molecule has 0 unspecified atom stereocenters. The van der Waals surface area contributed by atoms with E-state index in [1.807, 2.05) is 13.8 Å². The lowest BCUT2D eigenvalue weighted by Gasteiger charge is -2.39. The number of likely N-dealkylation sites (tertiary alicyclic amines) is 1. The molecule has 0 bridgehead atoms. The molecule has 0 saturated carbocycles. The lowest BCUT2D eigenvalue weighted by atomic mass is 10.0. The van der Waals surface area contributed by atoms with Crippen LogP contribution in [0.4, 0.5) is 0 Å². The van der Waals surface area contributed by atoms with Gasteiger partial charge in [-0.25, -0.2) is 0 Å². The Balaban J connectivity index is 2.43. The molecule has 2 atom stereocenters. The fourth-order valence-electron chi connectivity index (χ4n) is 2.60. The number of carbonyl (C=O) groups is 2. The van der Waals surface area contributed by atoms with E-state index < -0.39 is 0 Å². The third-order valence-corrected chi connectivity index (χ3v) is 4.08. The monoisotopic (exact) mass is 328 g/mol. The van der Waals surface area contributed by atoms with Crippen molar-refractivity contribution >= 4 is 11.9 Å². The van der Waals surface area contributed by atoms with Crippen molar-refractivity contribution in [3.05, 3.63) is 0 Å². The maximum atomic E-state index is 12.1. The van der Waals surface area contributed by atoms with Crippen LogP contribution < -0.4 is 5.32 Å². The zero-order valence-electron chi connectivity index (χ0n) is 15.0. The zero-order valence-corrected chi connectivity index (χ0v) is 15.0. The van der Waals surface area contributed by atoms with Crippen LogP contribution in [0.15, 0.2) is 0 Å². The highest BCUT2D eigenvalue weighted by Crippen LogP contribution is 2.19. The summed E-state index contributed by atoms with van der Waals surface area (Å²) in [6.07, 6.45) is 2.50. The third kappa shape index (κ3) is 6.87. The van der Waals surface area contributed by atoms with Gasteiger partial charge in [-0.2, -0.15) is 0 Å². The molecule has 23 heavy (non-hydrogen) atoms. The van der Waals surface area contributed by atoms with Gasteiger partial charge in [0.25, 0.3) is 0 Å². The molecule has 1 rings (SSSR count). The van der Waals surface area contributed by atoms with Crippen molar-refractivity contribution in [2.45, 2.75) is 59.0 Å². The van der Waals surface area contributed by atoms with Gasteiger partial charge in [0.2, 0.25) is 0 Å². The molecule has 134 valence electrons. The van der Waals surface area contributed by atoms with Crippen molar-refractivity contribution in [3.8, 4) is 0 Å². The van der Waals surface area contributed by atoms with Crippen LogP contribution >= 0.6 is 0 Å². The van der Waals surface area contributed by atoms with Gasteiger partial charge < -0.3 is 14.8 Å². The molecule has 1 heterocycles.